The summed E-state index contributed by atoms with van der Waals surface area (Å²) in [6.45, 7) is -3.69. The minimum Gasteiger partial charge on any atom is -0.756 e. The van der Waals surface area contributed by atoms with Crippen LogP contribution < -0.4 is 37.8 Å². The molecule has 0 bridgehead atoms. The van der Waals surface area contributed by atoms with Crippen LogP contribution in [0.15, 0.2) is 34.9 Å². The zero-order valence-electron chi connectivity index (χ0n) is 40.5. The van der Waals surface area contributed by atoms with Crippen LogP contribution in [0.4, 0.5) is 22.1 Å². The number of amides is 1. The van der Waals surface area contributed by atoms with Gasteiger partial charge < -0.3 is 80.3 Å². The fourth-order valence-corrected chi connectivity index (χ4v) is 13.2. The van der Waals surface area contributed by atoms with Gasteiger partial charge in [-0.3, -0.25) is 51.7 Å². The van der Waals surface area contributed by atoms with Crippen LogP contribution in [0.3, 0.4) is 0 Å². The number of H-pyrrole nitrogens is 2. The monoisotopic (exact) mass is 1200 g/mol. The van der Waals surface area contributed by atoms with Gasteiger partial charge in [0.15, 0.2) is 47.6 Å². The molecule has 9 rings (SSSR count). The topological polar surface area (TPSA) is 556 Å². The van der Waals surface area contributed by atoms with Gasteiger partial charge in [-0.15, -0.1) is 0 Å². The molecule has 3 aliphatic rings. The molecule has 0 aliphatic carbocycles. The van der Waals surface area contributed by atoms with Crippen molar-refractivity contribution in [3.8, 4) is 0 Å². The molecule has 14 N–H and O–H groups in total. The number of aromatic amines is 2. The highest BCUT2D eigenvalue weighted by Gasteiger charge is 2.53. The molecule has 3 fully saturated rings. The zero-order chi connectivity index (χ0) is 57.4. The van der Waals surface area contributed by atoms with Gasteiger partial charge in [0.2, 0.25) is 23.6 Å². The van der Waals surface area contributed by atoms with Gasteiger partial charge in [-0.1, -0.05) is 4.98 Å². The van der Waals surface area contributed by atoms with Gasteiger partial charge in [0, 0.05) is 26.4 Å². The number of aliphatic hydroxyl groups is 3. The van der Waals surface area contributed by atoms with Crippen molar-refractivity contribution in [2.75, 3.05) is 51.1 Å². The first-order valence-corrected chi connectivity index (χ1v) is 28.5. The molecule has 9 heterocycles. The molecule has 1 amide bonds. The third-order valence-electron chi connectivity index (χ3n) is 12.4. The van der Waals surface area contributed by atoms with Gasteiger partial charge in [-0.05, 0) is 0 Å². The molecule has 3 saturated heterocycles. The number of anilines is 3. The van der Waals surface area contributed by atoms with Crippen LogP contribution in [0.25, 0.3) is 33.5 Å². The summed E-state index contributed by atoms with van der Waals surface area (Å²) in [6, 6.07) is 0. The molecule has 79 heavy (non-hydrogen) atoms. The number of aliphatic hydroxyl groups excluding tert-OH is 3. The number of halogens is 1. The normalized spacial score (nSPS) is 29.5. The zero-order valence-corrected chi connectivity index (χ0v) is 44.1. The fourth-order valence-electron chi connectivity index (χ4n) is 8.74. The molecule has 0 spiro atoms. The van der Waals surface area contributed by atoms with Crippen LogP contribution in [-0.4, -0.2) is 177 Å². The number of carbonyl (C=O) groups is 1. The molecular formula is C35H47FN16O23P4. The Balaban J connectivity index is 0.868. The van der Waals surface area contributed by atoms with Gasteiger partial charge in [0.1, 0.15) is 48.5 Å². The SMILES string of the molecule is CN(C)C(=O)C[C@H]1[C@@H](O)[C@H]([n+]2cn(C)c3c(=O)[nH]c(N)nc32)O[C@@H]1COP(=O)(O)OP(=O)(O)OP(=O)(O)OC[C@H]1O[C@@H](n2cnc3c(N)ncnc32)[C@H](F)[C@@H]1OP(=O)([O-])OC[C@H]1O[C@@H](n2cnc3c(=O)[nH]c(N)nc32)[C@H](O)[C@@H]1O. The molecule has 16 atom stereocenters. The molecule has 0 saturated carbocycles. The molecule has 0 radical (unpaired) electrons. The first-order valence-electron chi connectivity index (χ1n) is 22.5. The average Bonchev–Trinajstić information content (AvgIpc) is 4.42. The Morgan fingerprint density at radius 1 is 0.785 bits per heavy atom. The second-order valence-corrected chi connectivity index (χ2v) is 23.9. The van der Waals surface area contributed by atoms with Crippen molar-refractivity contribution in [1.29, 1.82) is 0 Å². The summed E-state index contributed by atoms with van der Waals surface area (Å²) in [6.07, 6.45) is -17.1. The van der Waals surface area contributed by atoms with E-state index in [0.717, 1.165) is 33.0 Å². The number of nitrogens with two attached hydrogens (primary N) is 3. The van der Waals surface area contributed by atoms with Crippen LogP contribution in [0.5, 0.6) is 0 Å². The number of aryl methyl sites for hydroxylation is 1. The highest BCUT2D eigenvalue weighted by atomic mass is 31.3. The van der Waals surface area contributed by atoms with Crippen molar-refractivity contribution in [2.45, 2.75) is 74.0 Å². The minimum atomic E-state index is -6.29. The quantitative estimate of drug-likeness (QED) is 0.0255. The molecular weight excluding hydrogens is 1160 g/mol. The summed E-state index contributed by atoms with van der Waals surface area (Å²) in [5.41, 5.74) is 15.0. The first-order chi connectivity index (χ1) is 36.9. The van der Waals surface area contributed by atoms with Gasteiger partial charge in [-0.25, -0.2) is 42.6 Å². The summed E-state index contributed by atoms with van der Waals surface area (Å²) < 4.78 is 119. The van der Waals surface area contributed by atoms with E-state index >= 15 is 4.39 Å². The Hall–Kier alpha value is -5.67. The number of rotatable bonds is 20. The van der Waals surface area contributed by atoms with Crippen molar-refractivity contribution in [1.82, 2.24) is 58.5 Å². The summed E-state index contributed by atoms with van der Waals surface area (Å²) >= 11 is 0. The van der Waals surface area contributed by atoms with Crippen molar-refractivity contribution in [2.24, 2.45) is 13.0 Å². The third kappa shape index (κ3) is 11.9. The van der Waals surface area contributed by atoms with E-state index in [-0.39, 0.29) is 51.2 Å². The number of ether oxygens (including phenoxy) is 3. The summed E-state index contributed by atoms with van der Waals surface area (Å²) in [5.74, 6) is -2.69. The Labute approximate surface area is 438 Å². The predicted octanol–water partition coefficient (Wildman–Crippen LogP) is -4.29. The number of hydrogen-bond acceptors (Lipinski definition) is 29. The molecule has 6 aromatic rings. The lowest BCUT2D eigenvalue weighted by Gasteiger charge is -2.30. The highest BCUT2D eigenvalue weighted by molar-refractivity contribution is 7.66. The number of alkyl halides is 1. The number of phosphoric ester groups is 3. The molecule has 6 aromatic heterocycles. The van der Waals surface area contributed by atoms with Crippen molar-refractivity contribution >= 4 is 88.4 Å². The predicted molar refractivity (Wildman–Crippen MR) is 252 cm³/mol. The number of hydrogen-bond donors (Lipinski definition) is 11. The first kappa shape index (κ1) is 58.0. The molecule has 39 nitrogen and oxygen atoms in total. The number of imidazole rings is 3. The second kappa shape index (κ2) is 21.7. The van der Waals surface area contributed by atoms with E-state index in [1.54, 1.807) is 0 Å². The molecule has 432 valence electrons. The lowest BCUT2D eigenvalue weighted by Crippen LogP contribution is -2.45. The van der Waals surface area contributed by atoms with E-state index < -0.39 is 148 Å². The van der Waals surface area contributed by atoms with Gasteiger partial charge in [0.25, 0.3) is 24.9 Å². The van der Waals surface area contributed by atoms with E-state index in [2.05, 4.69) is 48.5 Å². The van der Waals surface area contributed by atoms with E-state index in [4.69, 9.17) is 49.5 Å². The molecule has 0 aromatic carbocycles. The second-order valence-electron chi connectivity index (χ2n) is 17.9. The average molecular weight is 1200 g/mol. The number of nitrogen functional groups attached to an aromatic ring is 3. The van der Waals surface area contributed by atoms with E-state index in [1.165, 1.54) is 36.6 Å². The Bertz CT molecular complexity index is 3640. The van der Waals surface area contributed by atoms with Crippen molar-refractivity contribution in [3.63, 3.8) is 0 Å². The molecule has 44 heteroatoms. The summed E-state index contributed by atoms with van der Waals surface area (Å²) in [7, 11) is -19.9. The minimum absolute atomic E-state index is 0.0231. The summed E-state index contributed by atoms with van der Waals surface area (Å²) in [4.78, 5) is 112. The smallest absolute Gasteiger partial charge is 0.490 e. The van der Waals surface area contributed by atoms with Gasteiger partial charge >= 0.3 is 29.1 Å². The van der Waals surface area contributed by atoms with Gasteiger partial charge in [0.05, 0.1) is 45.6 Å². The van der Waals surface area contributed by atoms with Crippen LogP contribution in [0.2, 0.25) is 0 Å². The van der Waals surface area contributed by atoms with Gasteiger partial charge in [-0.2, -0.15) is 13.6 Å². The van der Waals surface area contributed by atoms with Crippen LogP contribution >= 0.6 is 31.3 Å². The van der Waals surface area contributed by atoms with E-state index in [9.17, 15) is 67.5 Å². The van der Waals surface area contributed by atoms with Crippen LogP contribution in [-0.2, 0) is 71.0 Å². The lowest BCUT2D eigenvalue weighted by atomic mass is 9.94. The standard InChI is InChI=1S/C35H47FN16O23P4/c1-48(2)16(53)4-12-13(70-32(21(12)54)52-11-49(3)20-28(52)45-35(39)47-30(20)58)5-68-77(61,62)74-79(65,66)75-78(63,64)69-7-15-24(17(36)31(72-15)50-9-42-18-25(37)40-8-41-26(18)50)73-76(59,60)67-6-14-22(55)23(56)33(71-14)51-10-43-19-27(51)44-34(38)46-29(19)57/h8-15,17,21-24,31-33,54-56H,4-7H2,1-3H3,(H11-,37,38,39,40,41,44,45,46,47,57,58,59,60,61,62,63,64,65,66)/t12-,13-,14-,15-,17-,21-,22-,23-,24-,31-,32-,33-/m1/s1. The number of phosphoric acid groups is 4. The Morgan fingerprint density at radius 3 is 2.05 bits per heavy atom. The summed E-state index contributed by atoms with van der Waals surface area (Å²) in [5, 5.41) is 33.0. The van der Waals surface area contributed by atoms with E-state index in [1.807, 2.05) is 0 Å². The Kier molecular flexibility index (Phi) is 15.9. The number of aromatic nitrogens is 12. The van der Waals surface area contributed by atoms with Crippen molar-refractivity contribution < 1.29 is 108 Å². The number of nitrogens with zero attached hydrogens (tertiary/aromatic N) is 11. The largest absolute Gasteiger partial charge is 0.756 e. The molecule has 3 aliphatic heterocycles. The maximum atomic E-state index is 16.6. The highest BCUT2D eigenvalue weighted by Crippen LogP contribution is 2.68. The third-order valence-corrected chi connectivity index (χ3v) is 17.6. The number of carbonyl (C=O) groups excluding carboxylic acids is 1. The molecule has 4 unspecified atom stereocenters. The number of fused-ring (bicyclic) bond motifs is 3. The van der Waals surface area contributed by atoms with Crippen molar-refractivity contribution in [3.05, 3.63) is 46.0 Å². The fraction of sp³-hybridized carbons (Fsp3) is 0.543. The van der Waals surface area contributed by atoms with Crippen LogP contribution in [0, 0.1) is 5.92 Å². The van der Waals surface area contributed by atoms with Crippen LogP contribution in [0.1, 0.15) is 25.1 Å². The Morgan fingerprint density at radius 2 is 1.38 bits per heavy atom. The maximum absolute atomic E-state index is 16.6. The van der Waals surface area contributed by atoms with E-state index in [0.29, 0.717) is 0 Å². The maximum Gasteiger partial charge on any atom is 0.490 e. The number of nitrogens with one attached hydrogen (secondary N) is 2. The lowest BCUT2D eigenvalue weighted by molar-refractivity contribution is -0.745.